The molecule has 0 aliphatic rings. The van der Waals surface area contributed by atoms with E-state index in [-0.39, 0.29) is 11.5 Å². The fourth-order valence-electron chi connectivity index (χ4n) is 1.49. The third-order valence-electron chi connectivity index (χ3n) is 2.52. The van der Waals surface area contributed by atoms with Gasteiger partial charge in [0.1, 0.15) is 11.9 Å². The van der Waals surface area contributed by atoms with Gasteiger partial charge in [-0.25, -0.2) is 9.59 Å². The second-order valence-corrected chi connectivity index (χ2v) is 3.97. The summed E-state index contributed by atoms with van der Waals surface area (Å²) in [4.78, 5) is 22.3. The predicted octanol–water partition coefficient (Wildman–Crippen LogP) is 0.555. The van der Waals surface area contributed by atoms with Crippen LogP contribution >= 0.6 is 0 Å². The standard InChI is InChI=1S/C12H17N3O5/c1-19-7-3-4-8(11(16)17)13-10-6-5-9(14-15-10)12(18)20-2/h5-6,8H,3-4,7H2,1-2H3,(H,13,15)(H,16,17). The van der Waals surface area contributed by atoms with Crippen molar-refractivity contribution in [2.75, 3.05) is 26.1 Å². The van der Waals surface area contributed by atoms with Crippen LogP contribution in [0.2, 0.25) is 0 Å². The highest BCUT2D eigenvalue weighted by atomic mass is 16.5. The van der Waals surface area contributed by atoms with Gasteiger partial charge < -0.3 is 19.9 Å². The molecule has 1 atom stereocenters. The fraction of sp³-hybridized carbons (Fsp3) is 0.500. The van der Waals surface area contributed by atoms with E-state index >= 15 is 0 Å². The summed E-state index contributed by atoms with van der Waals surface area (Å²) in [7, 11) is 2.80. The van der Waals surface area contributed by atoms with Gasteiger partial charge in [0.05, 0.1) is 7.11 Å². The van der Waals surface area contributed by atoms with Gasteiger partial charge >= 0.3 is 11.9 Å². The van der Waals surface area contributed by atoms with Gasteiger partial charge in [-0.2, -0.15) is 0 Å². The lowest BCUT2D eigenvalue weighted by Gasteiger charge is -2.14. The predicted molar refractivity (Wildman–Crippen MR) is 69.5 cm³/mol. The maximum atomic E-state index is 11.2. The normalized spacial score (nSPS) is 11.7. The minimum absolute atomic E-state index is 0.0595. The van der Waals surface area contributed by atoms with Crippen LogP contribution in [-0.2, 0) is 14.3 Å². The quantitative estimate of drug-likeness (QED) is 0.526. The van der Waals surface area contributed by atoms with Gasteiger partial charge in [-0.05, 0) is 25.0 Å². The van der Waals surface area contributed by atoms with Gasteiger partial charge in [0.25, 0.3) is 0 Å². The van der Waals surface area contributed by atoms with Crippen LogP contribution in [0.3, 0.4) is 0 Å². The lowest BCUT2D eigenvalue weighted by Crippen LogP contribution is -2.30. The maximum absolute atomic E-state index is 11.2. The molecule has 1 unspecified atom stereocenters. The molecule has 110 valence electrons. The lowest BCUT2D eigenvalue weighted by atomic mass is 10.1. The van der Waals surface area contributed by atoms with Crippen molar-refractivity contribution in [2.45, 2.75) is 18.9 Å². The highest BCUT2D eigenvalue weighted by molar-refractivity contribution is 5.87. The first-order valence-corrected chi connectivity index (χ1v) is 5.98. The summed E-state index contributed by atoms with van der Waals surface area (Å²) >= 11 is 0. The fourth-order valence-corrected chi connectivity index (χ4v) is 1.49. The van der Waals surface area contributed by atoms with Crippen molar-refractivity contribution >= 4 is 17.8 Å². The molecule has 2 N–H and O–H groups in total. The van der Waals surface area contributed by atoms with Crippen LogP contribution in [0.25, 0.3) is 0 Å². The summed E-state index contributed by atoms with van der Waals surface area (Å²) < 4.78 is 9.37. The Morgan fingerprint density at radius 3 is 2.60 bits per heavy atom. The van der Waals surface area contributed by atoms with E-state index in [1.165, 1.54) is 19.2 Å². The van der Waals surface area contributed by atoms with Crippen LogP contribution in [0.1, 0.15) is 23.3 Å². The number of carboxylic acids is 1. The smallest absolute Gasteiger partial charge is 0.358 e. The first-order valence-electron chi connectivity index (χ1n) is 5.98. The van der Waals surface area contributed by atoms with Gasteiger partial charge in [0.15, 0.2) is 5.69 Å². The van der Waals surface area contributed by atoms with Crippen molar-refractivity contribution in [1.82, 2.24) is 10.2 Å². The molecule has 0 aliphatic carbocycles. The van der Waals surface area contributed by atoms with Crippen LogP contribution < -0.4 is 5.32 Å². The van der Waals surface area contributed by atoms with Crippen LogP contribution in [0.4, 0.5) is 5.82 Å². The number of nitrogens with zero attached hydrogens (tertiary/aromatic N) is 2. The number of aliphatic carboxylic acids is 1. The molecule has 8 heteroatoms. The number of ether oxygens (including phenoxy) is 2. The zero-order valence-corrected chi connectivity index (χ0v) is 11.3. The number of carboxylic acid groups (broad SMARTS) is 1. The highest BCUT2D eigenvalue weighted by Gasteiger charge is 2.17. The number of hydrogen-bond donors (Lipinski definition) is 2. The largest absolute Gasteiger partial charge is 0.480 e. The van der Waals surface area contributed by atoms with Crippen molar-refractivity contribution in [2.24, 2.45) is 0 Å². The molecule has 1 aromatic rings. The second kappa shape index (κ2) is 8.05. The van der Waals surface area contributed by atoms with Crippen molar-refractivity contribution in [3.05, 3.63) is 17.8 Å². The topological polar surface area (TPSA) is 111 Å². The van der Waals surface area contributed by atoms with E-state index in [0.717, 1.165) is 0 Å². The molecule has 0 aliphatic heterocycles. The van der Waals surface area contributed by atoms with Gasteiger partial charge in [0.2, 0.25) is 0 Å². The average Bonchev–Trinajstić information content (AvgIpc) is 2.46. The van der Waals surface area contributed by atoms with Crippen LogP contribution in [-0.4, -0.2) is 54.1 Å². The van der Waals surface area contributed by atoms with E-state index in [1.54, 1.807) is 7.11 Å². The first kappa shape index (κ1) is 15.8. The summed E-state index contributed by atoms with van der Waals surface area (Å²) in [5.74, 6) is -1.30. The Kier molecular flexibility index (Phi) is 6.38. The molecule has 0 amide bonds. The summed E-state index contributed by atoms with van der Waals surface area (Å²) in [5, 5.41) is 19.2. The third-order valence-corrected chi connectivity index (χ3v) is 2.52. The van der Waals surface area contributed by atoms with Gasteiger partial charge in [-0.3, -0.25) is 0 Å². The number of nitrogens with one attached hydrogen (secondary N) is 1. The van der Waals surface area contributed by atoms with Crippen molar-refractivity contribution in [3.63, 3.8) is 0 Å². The molecule has 0 radical (unpaired) electrons. The number of carbonyl (C=O) groups is 2. The van der Waals surface area contributed by atoms with E-state index in [1.807, 2.05) is 0 Å². The molecular formula is C12H17N3O5. The Bertz CT molecular complexity index is 449. The lowest BCUT2D eigenvalue weighted by molar-refractivity contribution is -0.138. The van der Waals surface area contributed by atoms with E-state index in [0.29, 0.717) is 19.4 Å². The molecule has 0 saturated heterocycles. The highest BCUT2D eigenvalue weighted by Crippen LogP contribution is 2.08. The van der Waals surface area contributed by atoms with E-state index < -0.39 is 18.0 Å². The molecular weight excluding hydrogens is 266 g/mol. The molecule has 0 spiro atoms. The van der Waals surface area contributed by atoms with E-state index in [4.69, 9.17) is 9.84 Å². The Hall–Kier alpha value is -2.22. The van der Waals surface area contributed by atoms with Gasteiger partial charge in [0, 0.05) is 13.7 Å². The summed E-state index contributed by atoms with van der Waals surface area (Å²) in [5.41, 5.74) is 0.0595. The number of carbonyl (C=O) groups excluding carboxylic acids is 1. The Labute approximate surface area is 116 Å². The van der Waals surface area contributed by atoms with Crippen LogP contribution in [0.5, 0.6) is 0 Å². The number of anilines is 1. The number of methoxy groups -OCH3 is 2. The minimum atomic E-state index is -0.986. The summed E-state index contributed by atoms with van der Waals surface area (Å²) in [6.45, 7) is 0.485. The zero-order valence-electron chi connectivity index (χ0n) is 11.3. The first-order chi connectivity index (χ1) is 9.58. The SMILES string of the molecule is COCCCC(Nc1ccc(C(=O)OC)nn1)C(=O)O. The van der Waals surface area contributed by atoms with Crippen molar-refractivity contribution in [1.29, 1.82) is 0 Å². The Morgan fingerprint density at radius 1 is 1.35 bits per heavy atom. The molecule has 0 bridgehead atoms. The molecule has 1 aromatic heterocycles. The molecule has 0 fully saturated rings. The number of rotatable bonds is 8. The monoisotopic (exact) mass is 283 g/mol. The Balaban J connectivity index is 2.64. The van der Waals surface area contributed by atoms with Crippen LogP contribution in [0, 0.1) is 0 Å². The number of aromatic nitrogens is 2. The molecule has 1 rings (SSSR count). The summed E-state index contributed by atoms with van der Waals surface area (Å²) in [6, 6.07) is 2.10. The minimum Gasteiger partial charge on any atom is -0.480 e. The molecule has 20 heavy (non-hydrogen) atoms. The Morgan fingerprint density at radius 2 is 2.10 bits per heavy atom. The number of hydrogen-bond acceptors (Lipinski definition) is 7. The van der Waals surface area contributed by atoms with Crippen molar-refractivity contribution < 1.29 is 24.2 Å². The third kappa shape index (κ3) is 4.81. The van der Waals surface area contributed by atoms with Crippen LogP contribution in [0.15, 0.2) is 12.1 Å². The van der Waals surface area contributed by atoms with Gasteiger partial charge in [-0.1, -0.05) is 0 Å². The van der Waals surface area contributed by atoms with Crippen molar-refractivity contribution in [3.8, 4) is 0 Å². The summed E-state index contributed by atoms with van der Waals surface area (Å²) in [6.07, 6.45) is 0.998. The average molecular weight is 283 g/mol. The maximum Gasteiger partial charge on any atom is 0.358 e. The molecule has 0 aromatic carbocycles. The van der Waals surface area contributed by atoms with Gasteiger partial charge in [-0.15, -0.1) is 10.2 Å². The molecule has 8 nitrogen and oxygen atoms in total. The molecule has 1 heterocycles. The zero-order chi connectivity index (χ0) is 15.0. The van der Waals surface area contributed by atoms with E-state index in [9.17, 15) is 9.59 Å². The second-order valence-electron chi connectivity index (χ2n) is 3.97. The molecule has 0 saturated carbocycles. The van der Waals surface area contributed by atoms with E-state index in [2.05, 4.69) is 20.3 Å². The number of esters is 1.